The Balaban J connectivity index is 1.31. The van der Waals surface area contributed by atoms with Crippen molar-refractivity contribution in [3.05, 3.63) is 76.3 Å². The summed E-state index contributed by atoms with van der Waals surface area (Å²) in [7, 11) is 0. The molecule has 0 unspecified atom stereocenters. The number of nitrogens with zero attached hydrogens (tertiary/aromatic N) is 1. The minimum absolute atomic E-state index is 0.0362. The smallest absolute Gasteiger partial charge is 0.220 e. The molecule has 5 nitrogen and oxygen atoms in total. The highest BCUT2D eigenvalue weighted by Gasteiger charge is 2.37. The Bertz CT molecular complexity index is 1050. The molecule has 2 N–H and O–H groups in total. The molecular weight excluding hydrogens is 430 g/mol. The molecule has 160 valence electrons. The Labute approximate surface area is 190 Å². The summed E-state index contributed by atoms with van der Waals surface area (Å²) in [5.74, 6) is 0.0103. The summed E-state index contributed by atoms with van der Waals surface area (Å²) in [6, 6.07) is 17.7. The van der Waals surface area contributed by atoms with E-state index in [0.29, 0.717) is 37.3 Å². The largest absolute Gasteiger partial charge is 0.350 e. The third kappa shape index (κ3) is 5.71. The fourth-order valence-corrected chi connectivity index (χ4v) is 4.86. The number of benzene rings is 2. The maximum Gasteiger partial charge on any atom is 0.220 e. The SMILES string of the molecule is O=C(CC[C@]1(Cc2ccc(Cl)cc2)CCC(=O)N1)NCc1csc(-c2ccccc2)n1. The minimum atomic E-state index is -0.386. The molecule has 2 aromatic carbocycles. The highest BCUT2D eigenvalue weighted by Crippen LogP contribution is 2.30. The molecule has 1 aliphatic rings. The molecular formula is C24H24ClN3O2S. The Hall–Kier alpha value is -2.70. The topological polar surface area (TPSA) is 71.1 Å². The van der Waals surface area contributed by atoms with Gasteiger partial charge in [0, 0.05) is 34.3 Å². The van der Waals surface area contributed by atoms with Crippen molar-refractivity contribution >= 4 is 34.8 Å². The molecule has 1 aromatic heterocycles. The zero-order valence-electron chi connectivity index (χ0n) is 17.1. The van der Waals surface area contributed by atoms with E-state index in [1.165, 1.54) is 0 Å². The van der Waals surface area contributed by atoms with Crippen molar-refractivity contribution in [2.75, 3.05) is 0 Å². The number of aromatic nitrogens is 1. The fourth-order valence-electron chi connectivity index (χ4n) is 3.91. The maximum absolute atomic E-state index is 12.5. The van der Waals surface area contributed by atoms with Gasteiger partial charge in [-0.3, -0.25) is 9.59 Å². The lowest BCUT2D eigenvalue weighted by Crippen LogP contribution is -2.44. The van der Waals surface area contributed by atoms with Crippen LogP contribution in [0.2, 0.25) is 5.02 Å². The van der Waals surface area contributed by atoms with Crippen LogP contribution in [0.1, 0.15) is 36.9 Å². The molecule has 0 radical (unpaired) electrons. The van der Waals surface area contributed by atoms with Crippen molar-refractivity contribution in [2.24, 2.45) is 0 Å². The molecule has 2 heterocycles. The van der Waals surface area contributed by atoms with E-state index < -0.39 is 0 Å². The lowest BCUT2D eigenvalue weighted by Gasteiger charge is -2.29. The predicted molar refractivity (Wildman–Crippen MR) is 124 cm³/mol. The molecule has 7 heteroatoms. The lowest BCUT2D eigenvalue weighted by atomic mass is 9.85. The third-order valence-corrected chi connectivity index (χ3v) is 6.75. The van der Waals surface area contributed by atoms with Crippen molar-refractivity contribution in [3.63, 3.8) is 0 Å². The molecule has 1 saturated heterocycles. The average molecular weight is 454 g/mol. The quantitative estimate of drug-likeness (QED) is 0.517. The predicted octanol–water partition coefficient (Wildman–Crippen LogP) is 4.75. The van der Waals surface area contributed by atoms with Gasteiger partial charge in [-0.05, 0) is 37.0 Å². The zero-order valence-corrected chi connectivity index (χ0v) is 18.6. The van der Waals surface area contributed by atoms with Crippen LogP contribution in [0, 0.1) is 0 Å². The number of thiazole rings is 1. The van der Waals surface area contributed by atoms with E-state index in [2.05, 4.69) is 15.6 Å². The molecule has 31 heavy (non-hydrogen) atoms. The maximum atomic E-state index is 12.5. The summed E-state index contributed by atoms with van der Waals surface area (Å²) in [6.07, 6.45) is 2.86. The number of hydrogen-bond donors (Lipinski definition) is 2. The standard InChI is InChI=1S/C24H24ClN3O2S/c25-19-8-6-17(7-9-19)14-24(13-11-22(30)28-24)12-10-21(29)26-15-20-16-31-23(27-20)18-4-2-1-3-5-18/h1-9,16H,10-15H2,(H,26,29)(H,28,30)/t24-/m1/s1. The molecule has 0 saturated carbocycles. The number of amides is 2. The van der Waals surface area contributed by atoms with E-state index >= 15 is 0 Å². The average Bonchev–Trinajstić information content (AvgIpc) is 3.40. The van der Waals surface area contributed by atoms with Gasteiger partial charge in [-0.1, -0.05) is 54.1 Å². The first-order valence-electron chi connectivity index (χ1n) is 10.3. The Kier molecular flexibility index (Phi) is 6.68. The first kappa shape index (κ1) is 21.5. The number of hydrogen-bond acceptors (Lipinski definition) is 4. The second kappa shape index (κ2) is 9.62. The first-order chi connectivity index (χ1) is 15.0. The highest BCUT2D eigenvalue weighted by molar-refractivity contribution is 7.13. The normalized spacial score (nSPS) is 18.0. The van der Waals surface area contributed by atoms with Crippen LogP contribution in [-0.2, 0) is 22.6 Å². The summed E-state index contributed by atoms with van der Waals surface area (Å²) in [6.45, 7) is 0.401. The molecule has 3 aromatic rings. The number of halogens is 1. The molecule has 4 rings (SSSR count). The Morgan fingerprint density at radius 3 is 2.65 bits per heavy atom. The molecule has 0 bridgehead atoms. The molecule has 1 atom stereocenters. The van der Waals surface area contributed by atoms with Crippen molar-refractivity contribution in [2.45, 2.75) is 44.2 Å². The van der Waals surface area contributed by atoms with E-state index in [9.17, 15) is 9.59 Å². The molecule has 1 fully saturated rings. The summed E-state index contributed by atoms with van der Waals surface area (Å²) >= 11 is 7.55. The Morgan fingerprint density at radius 1 is 1.16 bits per heavy atom. The van der Waals surface area contributed by atoms with Gasteiger partial charge in [0.1, 0.15) is 5.01 Å². The molecule has 0 aliphatic carbocycles. The summed E-state index contributed by atoms with van der Waals surface area (Å²) in [5, 5.41) is 9.69. The fraction of sp³-hybridized carbons (Fsp3) is 0.292. The van der Waals surface area contributed by atoms with Crippen LogP contribution in [0.4, 0.5) is 0 Å². The van der Waals surface area contributed by atoms with Gasteiger partial charge >= 0.3 is 0 Å². The summed E-state index contributed by atoms with van der Waals surface area (Å²) in [4.78, 5) is 29.1. The van der Waals surface area contributed by atoms with Gasteiger partial charge in [-0.25, -0.2) is 4.98 Å². The van der Waals surface area contributed by atoms with Crippen LogP contribution < -0.4 is 10.6 Å². The highest BCUT2D eigenvalue weighted by atomic mass is 35.5. The van der Waals surface area contributed by atoms with Crippen LogP contribution in [0.15, 0.2) is 60.0 Å². The Morgan fingerprint density at radius 2 is 1.94 bits per heavy atom. The van der Waals surface area contributed by atoms with E-state index in [-0.39, 0.29) is 17.4 Å². The van der Waals surface area contributed by atoms with Gasteiger partial charge in [-0.15, -0.1) is 11.3 Å². The lowest BCUT2D eigenvalue weighted by molar-refractivity contribution is -0.122. The van der Waals surface area contributed by atoms with Gasteiger partial charge in [-0.2, -0.15) is 0 Å². The van der Waals surface area contributed by atoms with Crippen LogP contribution in [0.5, 0.6) is 0 Å². The molecule has 1 aliphatic heterocycles. The van der Waals surface area contributed by atoms with Crippen LogP contribution in [-0.4, -0.2) is 22.3 Å². The van der Waals surface area contributed by atoms with Gasteiger partial charge in [0.15, 0.2) is 0 Å². The van der Waals surface area contributed by atoms with Gasteiger partial charge in [0.05, 0.1) is 12.2 Å². The van der Waals surface area contributed by atoms with Crippen molar-refractivity contribution in [1.82, 2.24) is 15.6 Å². The number of rotatable bonds is 8. The minimum Gasteiger partial charge on any atom is -0.350 e. The van der Waals surface area contributed by atoms with E-state index in [1.54, 1.807) is 11.3 Å². The van der Waals surface area contributed by atoms with Gasteiger partial charge in [0.25, 0.3) is 0 Å². The van der Waals surface area contributed by atoms with E-state index in [0.717, 1.165) is 28.2 Å². The summed E-state index contributed by atoms with van der Waals surface area (Å²) in [5.41, 5.74) is 2.64. The van der Waals surface area contributed by atoms with Crippen molar-refractivity contribution in [3.8, 4) is 10.6 Å². The van der Waals surface area contributed by atoms with E-state index in [4.69, 9.17) is 11.6 Å². The van der Waals surface area contributed by atoms with Crippen molar-refractivity contribution in [1.29, 1.82) is 0 Å². The molecule has 2 amide bonds. The number of carbonyl (C=O) groups excluding carboxylic acids is 2. The number of nitrogens with one attached hydrogen (secondary N) is 2. The van der Waals surface area contributed by atoms with Crippen LogP contribution in [0.3, 0.4) is 0 Å². The van der Waals surface area contributed by atoms with Crippen LogP contribution >= 0.6 is 22.9 Å². The van der Waals surface area contributed by atoms with Gasteiger partial charge in [0.2, 0.25) is 11.8 Å². The number of carbonyl (C=O) groups is 2. The van der Waals surface area contributed by atoms with E-state index in [1.807, 2.05) is 60.0 Å². The van der Waals surface area contributed by atoms with Crippen LogP contribution in [0.25, 0.3) is 10.6 Å². The summed E-state index contributed by atoms with van der Waals surface area (Å²) < 4.78 is 0. The molecule has 0 spiro atoms. The third-order valence-electron chi connectivity index (χ3n) is 5.56. The van der Waals surface area contributed by atoms with Crippen molar-refractivity contribution < 1.29 is 9.59 Å². The zero-order chi connectivity index (χ0) is 21.7. The second-order valence-electron chi connectivity index (χ2n) is 7.92. The monoisotopic (exact) mass is 453 g/mol. The van der Waals surface area contributed by atoms with Gasteiger partial charge < -0.3 is 10.6 Å². The second-order valence-corrected chi connectivity index (χ2v) is 9.21. The first-order valence-corrected chi connectivity index (χ1v) is 11.6.